The number of nitrogens with one attached hydrogen (secondary N) is 2. The molecule has 0 aliphatic carbocycles. The topological polar surface area (TPSA) is 33.3 Å². The molecule has 0 aliphatic heterocycles. The van der Waals surface area contributed by atoms with Crippen molar-refractivity contribution in [2.24, 2.45) is 0 Å². The van der Waals surface area contributed by atoms with Gasteiger partial charge < -0.3 is 4.74 Å². The molecule has 3 heteroatoms. The van der Waals surface area contributed by atoms with Crippen molar-refractivity contribution in [2.75, 3.05) is 0 Å². The Hall–Kier alpha value is -3.82. The van der Waals surface area contributed by atoms with Gasteiger partial charge in [-0.25, -0.2) is 5.43 Å². The van der Waals surface area contributed by atoms with E-state index < -0.39 is 5.54 Å². The molecule has 0 radical (unpaired) electrons. The highest BCUT2D eigenvalue weighted by Gasteiger charge is 2.36. The van der Waals surface area contributed by atoms with Gasteiger partial charge in [-0.1, -0.05) is 121 Å². The Labute approximate surface area is 184 Å². The van der Waals surface area contributed by atoms with E-state index in [1.807, 2.05) is 48.5 Å². The Morgan fingerprint density at radius 1 is 0.613 bits per heavy atom. The van der Waals surface area contributed by atoms with Crippen molar-refractivity contribution in [2.45, 2.75) is 12.1 Å². The molecule has 2 N–H and O–H groups in total. The highest BCUT2D eigenvalue weighted by atomic mass is 16.5. The molecule has 0 heterocycles. The van der Waals surface area contributed by atoms with Gasteiger partial charge in [0.15, 0.2) is 5.88 Å². The summed E-state index contributed by atoms with van der Waals surface area (Å²) in [6, 6.07) is 41.2. The zero-order valence-electron chi connectivity index (χ0n) is 17.4. The summed E-state index contributed by atoms with van der Waals surface area (Å²) in [5.74, 6) is 0.455. The minimum Gasteiger partial charge on any atom is -0.474 e. The van der Waals surface area contributed by atoms with Crippen molar-refractivity contribution >= 4 is 0 Å². The molecular weight excluding hydrogens is 380 g/mol. The van der Waals surface area contributed by atoms with Crippen LogP contribution >= 0.6 is 0 Å². The third-order valence-electron chi connectivity index (χ3n) is 5.27. The highest BCUT2D eigenvalue weighted by molar-refractivity contribution is 5.49. The van der Waals surface area contributed by atoms with Gasteiger partial charge in [-0.3, -0.25) is 5.43 Å². The maximum atomic E-state index is 5.86. The summed E-state index contributed by atoms with van der Waals surface area (Å²) in [6.07, 6.45) is 0. The van der Waals surface area contributed by atoms with Crippen molar-refractivity contribution in [1.82, 2.24) is 10.9 Å². The molecule has 0 saturated carbocycles. The van der Waals surface area contributed by atoms with E-state index in [9.17, 15) is 0 Å². The number of rotatable bonds is 9. The summed E-state index contributed by atoms with van der Waals surface area (Å²) in [5, 5.41) is 0. The second-order valence-electron chi connectivity index (χ2n) is 7.30. The van der Waals surface area contributed by atoms with Gasteiger partial charge in [-0.15, -0.1) is 0 Å². The van der Waals surface area contributed by atoms with Gasteiger partial charge in [0.05, 0.1) is 0 Å². The van der Waals surface area contributed by atoms with Crippen LogP contribution in [-0.4, -0.2) is 0 Å². The molecule has 0 bridgehead atoms. The maximum Gasteiger partial charge on any atom is 0.194 e. The lowest BCUT2D eigenvalue weighted by Crippen LogP contribution is -2.51. The first-order valence-corrected chi connectivity index (χ1v) is 10.3. The predicted octanol–water partition coefficient (Wildman–Crippen LogP) is 5.76. The van der Waals surface area contributed by atoms with Gasteiger partial charge >= 0.3 is 0 Å². The van der Waals surface area contributed by atoms with Crippen LogP contribution in [0.2, 0.25) is 0 Å². The zero-order chi connectivity index (χ0) is 21.4. The van der Waals surface area contributed by atoms with Crippen LogP contribution in [0.4, 0.5) is 0 Å². The quantitative estimate of drug-likeness (QED) is 0.211. The van der Waals surface area contributed by atoms with E-state index in [0.29, 0.717) is 12.5 Å². The van der Waals surface area contributed by atoms with E-state index in [1.54, 1.807) is 0 Å². The van der Waals surface area contributed by atoms with E-state index in [2.05, 4.69) is 90.2 Å². The Morgan fingerprint density at radius 3 is 1.42 bits per heavy atom. The largest absolute Gasteiger partial charge is 0.474 e. The predicted molar refractivity (Wildman–Crippen MR) is 126 cm³/mol. The standard InChI is InChI=1S/C28H26N2O/c1-23(31-22-24-14-6-2-7-15-24)29-30-28(25-16-8-3-9-17-25,26-18-10-4-11-19-26)27-20-12-5-13-21-27/h2-21,29-30H,1,22H2. The van der Waals surface area contributed by atoms with Crippen molar-refractivity contribution in [3.8, 4) is 0 Å². The lowest BCUT2D eigenvalue weighted by Gasteiger charge is -2.37. The van der Waals surface area contributed by atoms with Gasteiger partial charge in [0, 0.05) is 0 Å². The molecule has 31 heavy (non-hydrogen) atoms. The Bertz CT molecular complexity index is 984. The van der Waals surface area contributed by atoms with Crippen LogP contribution in [0, 0.1) is 0 Å². The number of ether oxygens (including phenoxy) is 1. The molecule has 0 fully saturated rings. The fourth-order valence-electron chi connectivity index (χ4n) is 3.73. The first-order chi connectivity index (χ1) is 15.3. The highest BCUT2D eigenvalue weighted by Crippen LogP contribution is 2.36. The third kappa shape index (κ3) is 4.68. The second-order valence-corrected chi connectivity index (χ2v) is 7.30. The van der Waals surface area contributed by atoms with Gasteiger partial charge in [0.1, 0.15) is 12.1 Å². The lowest BCUT2D eigenvalue weighted by atomic mass is 9.77. The molecular formula is C28H26N2O. The second kappa shape index (κ2) is 9.79. The molecule has 0 unspecified atom stereocenters. The average Bonchev–Trinajstić information content (AvgIpc) is 2.86. The Kier molecular flexibility index (Phi) is 6.46. The van der Waals surface area contributed by atoms with Crippen molar-refractivity contribution in [3.63, 3.8) is 0 Å². The number of hydrogen-bond donors (Lipinski definition) is 2. The minimum atomic E-state index is -0.636. The van der Waals surface area contributed by atoms with E-state index in [-0.39, 0.29) is 0 Å². The van der Waals surface area contributed by atoms with Crippen LogP contribution in [0.1, 0.15) is 22.3 Å². The molecule has 154 valence electrons. The molecule has 4 rings (SSSR count). The number of hydrogen-bond acceptors (Lipinski definition) is 3. The summed E-state index contributed by atoms with van der Waals surface area (Å²) in [6.45, 7) is 4.51. The molecule has 0 spiro atoms. The minimum absolute atomic E-state index is 0.448. The van der Waals surface area contributed by atoms with Crippen LogP contribution in [0.5, 0.6) is 0 Å². The van der Waals surface area contributed by atoms with Gasteiger partial charge in [0.25, 0.3) is 0 Å². The van der Waals surface area contributed by atoms with Crippen molar-refractivity contribution in [1.29, 1.82) is 0 Å². The van der Waals surface area contributed by atoms with Crippen molar-refractivity contribution in [3.05, 3.63) is 156 Å². The molecule has 0 aromatic heterocycles. The Morgan fingerprint density at radius 2 is 1.00 bits per heavy atom. The Balaban J connectivity index is 1.66. The van der Waals surface area contributed by atoms with E-state index >= 15 is 0 Å². The SMILES string of the molecule is C=C(NNC(c1ccccc1)(c1ccccc1)c1ccccc1)OCc1ccccc1. The molecule has 0 aliphatic rings. The fourth-order valence-corrected chi connectivity index (χ4v) is 3.73. The first-order valence-electron chi connectivity index (χ1n) is 10.3. The average molecular weight is 407 g/mol. The smallest absolute Gasteiger partial charge is 0.194 e. The van der Waals surface area contributed by atoms with Crippen LogP contribution < -0.4 is 10.9 Å². The first kappa shape index (κ1) is 20.5. The van der Waals surface area contributed by atoms with Gasteiger partial charge in [0.2, 0.25) is 0 Å². The molecule has 3 nitrogen and oxygen atoms in total. The monoisotopic (exact) mass is 406 g/mol. The zero-order valence-corrected chi connectivity index (χ0v) is 17.4. The van der Waals surface area contributed by atoms with Gasteiger partial charge in [-0.2, -0.15) is 0 Å². The molecule has 4 aromatic carbocycles. The number of hydrazine groups is 1. The van der Waals surface area contributed by atoms with E-state index in [4.69, 9.17) is 4.74 Å². The van der Waals surface area contributed by atoms with Gasteiger partial charge in [-0.05, 0) is 28.8 Å². The van der Waals surface area contributed by atoms with Crippen LogP contribution in [-0.2, 0) is 16.9 Å². The molecule has 0 amide bonds. The van der Waals surface area contributed by atoms with Crippen LogP contribution in [0.15, 0.2) is 134 Å². The van der Waals surface area contributed by atoms with Crippen LogP contribution in [0.25, 0.3) is 0 Å². The summed E-state index contributed by atoms with van der Waals surface area (Å²) in [7, 11) is 0. The van der Waals surface area contributed by atoms with E-state index in [1.165, 1.54) is 0 Å². The summed E-state index contributed by atoms with van der Waals surface area (Å²) in [5.41, 5.74) is 10.5. The summed E-state index contributed by atoms with van der Waals surface area (Å²) in [4.78, 5) is 0. The maximum absolute atomic E-state index is 5.86. The molecule has 0 saturated heterocycles. The fraction of sp³-hybridized carbons (Fsp3) is 0.0714. The summed E-state index contributed by atoms with van der Waals surface area (Å²) >= 11 is 0. The third-order valence-corrected chi connectivity index (χ3v) is 5.27. The number of benzene rings is 4. The van der Waals surface area contributed by atoms with E-state index in [0.717, 1.165) is 22.3 Å². The molecule has 0 atom stereocenters. The van der Waals surface area contributed by atoms with Crippen LogP contribution in [0.3, 0.4) is 0 Å². The summed E-state index contributed by atoms with van der Waals surface area (Å²) < 4.78 is 5.86. The normalized spacial score (nSPS) is 11.0. The molecule has 4 aromatic rings. The van der Waals surface area contributed by atoms with Crippen molar-refractivity contribution < 1.29 is 4.74 Å². The lowest BCUT2D eigenvalue weighted by molar-refractivity contribution is 0.163.